The number of carbonyl (C=O) groups is 1. The topological polar surface area (TPSA) is 60.2 Å². The monoisotopic (exact) mass is 372 g/mol. The van der Waals surface area contributed by atoms with E-state index in [2.05, 4.69) is 10.2 Å². The molecule has 1 aromatic heterocycles. The summed E-state index contributed by atoms with van der Waals surface area (Å²) in [5.41, 5.74) is 1.13. The van der Waals surface area contributed by atoms with Crippen LogP contribution in [0.4, 0.5) is 4.39 Å². The van der Waals surface area contributed by atoms with Gasteiger partial charge in [0.15, 0.2) is 11.0 Å². The maximum absolute atomic E-state index is 14.3. The van der Waals surface area contributed by atoms with Gasteiger partial charge in [0, 0.05) is 12.7 Å². The fourth-order valence-electron chi connectivity index (χ4n) is 2.31. The van der Waals surface area contributed by atoms with Gasteiger partial charge in [0.25, 0.3) is 5.91 Å². The molecule has 0 spiro atoms. The van der Waals surface area contributed by atoms with E-state index >= 15 is 0 Å². The van der Waals surface area contributed by atoms with Crippen LogP contribution in [0.15, 0.2) is 59.8 Å². The molecule has 6 nitrogen and oxygen atoms in total. The third kappa shape index (κ3) is 3.76. The van der Waals surface area contributed by atoms with Gasteiger partial charge in [0.2, 0.25) is 0 Å². The first kappa shape index (κ1) is 18.1. The number of carbonyl (C=O) groups excluding carboxylic acids is 1. The maximum atomic E-state index is 14.3. The minimum Gasteiger partial charge on any atom is -0.275 e. The number of rotatable bonds is 6. The maximum Gasteiger partial charge on any atom is 0.256 e. The van der Waals surface area contributed by atoms with Gasteiger partial charge in [-0.2, -0.15) is 0 Å². The van der Waals surface area contributed by atoms with Gasteiger partial charge in [0.05, 0.1) is 18.4 Å². The molecule has 0 bridgehead atoms. The first-order valence-electron chi connectivity index (χ1n) is 7.81. The Labute approximate surface area is 154 Å². The molecule has 0 saturated carbocycles. The molecule has 1 heterocycles. The van der Waals surface area contributed by atoms with E-state index in [1.54, 1.807) is 22.8 Å². The summed E-state index contributed by atoms with van der Waals surface area (Å²) in [4.78, 5) is 16.9. The van der Waals surface area contributed by atoms with Crippen LogP contribution < -0.4 is 0 Å². The third-order valence-electron chi connectivity index (χ3n) is 3.71. The molecule has 26 heavy (non-hydrogen) atoms. The molecule has 1 amide bonds. The van der Waals surface area contributed by atoms with Gasteiger partial charge in [0.1, 0.15) is 5.82 Å². The van der Waals surface area contributed by atoms with E-state index in [0.29, 0.717) is 16.5 Å². The molecule has 0 radical (unpaired) electrons. The van der Waals surface area contributed by atoms with Crippen molar-refractivity contribution >= 4 is 17.7 Å². The Morgan fingerprint density at radius 3 is 2.54 bits per heavy atom. The molecule has 3 aromatic rings. The van der Waals surface area contributed by atoms with Crippen molar-refractivity contribution in [3.63, 3.8) is 0 Å². The number of hydroxylamine groups is 2. The van der Waals surface area contributed by atoms with Gasteiger partial charge in [-0.15, -0.1) is 10.2 Å². The number of benzene rings is 2. The molecule has 134 valence electrons. The molecule has 0 aliphatic heterocycles. The predicted molar refractivity (Wildman–Crippen MR) is 97.3 cm³/mol. The van der Waals surface area contributed by atoms with Crippen LogP contribution in [0.2, 0.25) is 0 Å². The zero-order valence-corrected chi connectivity index (χ0v) is 15.1. The van der Waals surface area contributed by atoms with Gasteiger partial charge in [-0.25, -0.2) is 9.45 Å². The lowest BCUT2D eigenvalue weighted by Crippen LogP contribution is -2.27. The van der Waals surface area contributed by atoms with Gasteiger partial charge in [-0.3, -0.25) is 14.2 Å². The summed E-state index contributed by atoms with van der Waals surface area (Å²) >= 11 is 1.21. The molecule has 0 N–H and O–H groups in total. The van der Waals surface area contributed by atoms with Crippen LogP contribution in [0.1, 0.15) is 0 Å². The normalized spacial score (nSPS) is 10.7. The number of thioether (sulfide) groups is 1. The Kier molecular flexibility index (Phi) is 5.65. The number of hydrogen-bond donors (Lipinski definition) is 0. The van der Waals surface area contributed by atoms with E-state index in [1.807, 2.05) is 30.3 Å². The largest absolute Gasteiger partial charge is 0.275 e. The SMILES string of the molecule is CON(C)C(=O)CSc1nnc(-c2ccccc2F)n1-c1ccccc1. The van der Waals surface area contributed by atoms with Crippen LogP contribution in [-0.2, 0) is 9.63 Å². The summed E-state index contributed by atoms with van der Waals surface area (Å²) in [7, 11) is 2.96. The molecule has 2 aromatic carbocycles. The quantitative estimate of drug-likeness (QED) is 0.491. The van der Waals surface area contributed by atoms with E-state index in [1.165, 1.54) is 32.0 Å². The van der Waals surface area contributed by atoms with E-state index in [-0.39, 0.29) is 17.5 Å². The van der Waals surface area contributed by atoms with Crippen molar-refractivity contribution in [2.45, 2.75) is 5.16 Å². The Bertz CT molecular complexity index is 901. The molecular weight excluding hydrogens is 355 g/mol. The van der Waals surface area contributed by atoms with Crippen molar-refractivity contribution in [2.24, 2.45) is 0 Å². The minimum atomic E-state index is -0.385. The highest BCUT2D eigenvalue weighted by Gasteiger charge is 2.20. The standard InChI is InChI=1S/C18H17FN4O2S/c1-22(25-2)16(24)12-26-18-21-20-17(14-10-6-7-11-15(14)19)23(18)13-8-4-3-5-9-13/h3-11H,12H2,1-2H3. The third-order valence-corrected chi connectivity index (χ3v) is 4.63. The lowest BCUT2D eigenvalue weighted by Gasteiger charge is -2.14. The van der Waals surface area contributed by atoms with Crippen molar-refractivity contribution in [3.05, 3.63) is 60.4 Å². The van der Waals surface area contributed by atoms with E-state index in [9.17, 15) is 9.18 Å². The Balaban J connectivity index is 2.01. The lowest BCUT2D eigenvalue weighted by molar-refractivity contribution is -0.165. The average Bonchev–Trinajstić information content (AvgIpc) is 3.10. The highest BCUT2D eigenvalue weighted by molar-refractivity contribution is 7.99. The lowest BCUT2D eigenvalue weighted by atomic mass is 10.2. The van der Waals surface area contributed by atoms with Crippen LogP contribution in [0.25, 0.3) is 17.1 Å². The molecular formula is C18H17FN4O2S. The second-order valence-corrected chi connectivity index (χ2v) is 6.26. The van der Waals surface area contributed by atoms with E-state index < -0.39 is 0 Å². The van der Waals surface area contributed by atoms with Crippen LogP contribution in [-0.4, -0.2) is 45.6 Å². The van der Waals surface area contributed by atoms with Crippen LogP contribution in [0.3, 0.4) is 0 Å². The van der Waals surface area contributed by atoms with Crippen LogP contribution in [0, 0.1) is 5.82 Å². The number of halogens is 1. The van der Waals surface area contributed by atoms with Crippen molar-refractivity contribution in [2.75, 3.05) is 19.9 Å². The molecule has 8 heteroatoms. The Morgan fingerprint density at radius 1 is 1.15 bits per heavy atom. The van der Waals surface area contributed by atoms with Gasteiger partial charge in [-0.1, -0.05) is 42.1 Å². The molecule has 3 rings (SSSR count). The highest BCUT2D eigenvalue weighted by Crippen LogP contribution is 2.29. The van der Waals surface area contributed by atoms with E-state index in [4.69, 9.17) is 4.84 Å². The predicted octanol–water partition coefficient (Wildman–Crippen LogP) is 3.19. The molecule has 0 aliphatic rings. The second-order valence-electron chi connectivity index (χ2n) is 5.32. The number of aromatic nitrogens is 3. The number of hydrogen-bond acceptors (Lipinski definition) is 5. The summed E-state index contributed by atoms with van der Waals surface area (Å²) in [6, 6.07) is 15.8. The second kappa shape index (κ2) is 8.11. The van der Waals surface area contributed by atoms with Crippen LogP contribution >= 0.6 is 11.8 Å². The summed E-state index contributed by atoms with van der Waals surface area (Å²) in [6.07, 6.45) is 0. The first-order valence-corrected chi connectivity index (χ1v) is 8.79. The fraction of sp³-hybridized carbons (Fsp3) is 0.167. The Morgan fingerprint density at radius 2 is 1.85 bits per heavy atom. The number of amides is 1. The summed E-state index contributed by atoms with van der Waals surface area (Å²) in [6.45, 7) is 0. The fourth-order valence-corrected chi connectivity index (χ4v) is 3.16. The first-order chi connectivity index (χ1) is 12.6. The van der Waals surface area contributed by atoms with Gasteiger partial charge < -0.3 is 0 Å². The number of para-hydroxylation sites is 1. The van der Waals surface area contributed by atoms with Crippen molar-refractivity contribution in [1.29, 1.82) is 0 Å². The zero-order valence-electron chi connectivity index (χ0n) is 14.3. The Hall–Kier alpha value is -2.71. The smallest absolute Gasteiger partial charge is 0.256 e. The zero-order chi connectivity index (χ0) is 18.5. The van der Waals surface area contributed by atoms with Crippen molar-refractivity contribution in [3.8, 4) is 17.1 Å². The summed E-state index contributed by atoms with van der Waals surface area (Å²) in [5, 5.41) is 9.97. The van der Waals surface area contributed by atoms with Crippen molar-refractivity contribution < 1.29 is 14.0 Å². The van der Waals surface area contributed by atoms with Crippen LogP contribution in [0.5, 0.6) is 0 Å². The summed E-state index contributed by atoms with van der Waals surface area (Å²) in [5.74, 6) is -0.104. The molecule has 0 fully saturated rings. The van der Waals surface area contributed by atoms with Crippen molar-refractivity contribution in [1.82, 2.24) is 19.8 Å². The summed E-state index contributed by atoms with van der Waals surface area (Å²) < 4.78 is 16.0. The minimum absolute atomic E-state index is 0.118. The molecule has 0 aliphatic carbocycles. The molecule has 0 saturated heterocycles. The number of nitrogens with zero attached hydrogens (tertiary/aromatic N) is 4. The van der Waals surface area contributed by atoms with E-state index in [0.717, 1.165) is 10.8 Å². The van der Waals surface area contributed by atoms with Gasteiger partial charge >= 0.3 is 0 Å². The molecule has 0 atom stereocenters. The highest BCUT2D eigenvalue weighted by atomic mass is 32.2. The molecule has 0 unspecified atom stereocenters. The van der Waals surface area contributed by atoms with Gasteiger partial charge in [-0.05, 0) is 24.3 Å². The average molecular weight is 372 g/mol.